The largest absolute Gasteiger partial charge is 0.480 e. The quantitative estimate of drug-likeness (QED) is 0.733. The molecule has 0 amide bonds. The third-order valence-electron chi connectivity index (χ3n) is 3.04. The Kier molecular flexibility index (Phi) is 5.05. The van der Waals surface area contributed by atoms with E-state index in [1.54, 1.807) is 0 Å². The number of nitrogens with zero attached hydrogens (tertiary/aromatic N) is 2. The Balaban J connectivity index is 2.33. The number of likely N-dealkylation sites (N-methyl/N-ethyl adjacent to an activating group) is 1. The van der Waals surface area contributed by atoms with Crippen LogP contribution in [0.15, 0.2) is 0 Å². The summed E-state index contributed by atoms with van der Waals surface area (Å²) in [6.45, 7) is 6.24. The first-order valence-corrected chi connectivity index (χ1v) is 5.74. The van der Waals surface area contributed by atoms with E-state index in [-0.39, 0.29) is 6.54 Å². The van der Waals surface area contributed by atoms with E-state index >= 15 is 0 Å². The number of carbonyl (C=O) groups is 1. The van der Waals surface area contributed by atoms with Crippen LogP contribution in [0.3, 0.4) is 0 Å². The van der Waals surface area contributed by atoms with Crippen LogP contribution in [0.25, 0.3) is 0 Å². The third-order valence-corrected chi connectivity index (χ3v) is 3.04. The molecule has 88 valence electrons. The first kappa shape index (κ1) is 12.5. The van der Waals surface area contributed by atoms with Crippen molar-refractivity contribution in [1.82, 2.24) is 9.80 Å². The molecule has 1 aliphatic rings. The molecule has 0 unspecified atom stereocenters. The summed E-state index contributed by atoms with van der Waals surface area (Å²) in [5.74, 6) is -0.0796. The van der Waals surface area contributed by atoms with Gasteiger partial charge in [-0.1, -0.05) is 6.92 Å². The smallest absolute Gasteiger partial charge is 0.317 e. The molecule has 4 heteroatoms. The maximum Gasteiger partial charge on any atom is 0.317 e. The van der Waals surface area contributed by atoms with Gasteiger partial charge in [0, 0.05) is 13.1 Å². The minimum atomic E-state index is -0.721. The van der Waals surface area contributed by atoms with E-state index in [2.05, 4.69) is 11.9 Å². The normalized spacial score (nSPS) is 23.3. The average Bonchev–Trinajstić information content (AvgIpc) is 2.16. The maximum absolute atomic E-state index is 10.6. The van der Waals surface area contributed by atoms with E-state index in [0.717, 1.165) is 19.6 Å². The van der Waals surface area contributed by atoms with Gasteiger partial charge in [-0.3, -0.25) is 9.69 Å². The van der Waals surface area contributed by atoms with Gasteiger partial charge in [0.05, 0.1) is 6.54 Å². The Labute approximate surface area is 91.9 Å². The fourth-order valence-corrected chi connectivity index (χ4v) is 2.28. The average molecular weight is 214 g/mol. The first-order valence-electron chi connectivity index (χ1n) is 5.74. The van der Waals surface area contributed by atoms with Crippen molar-refractivity contribution in [3.05, 3.63) is 0 Å². The van der Waals surface area contributed by atoms with E-state index in [4.69, 9.17) is 5.11 Å². The lowest BCUT2D eigenvalue weighted by molar-refractivity contribution is -0.138. The van der Waals surface area contributed by atoms with Crippen LogP contribution in [-0.4, -0.2) is 60.6 Å². The number of carboxylic acids is 1. The molecular formula is C11H22N2O2. The topological polar surface area (TPSA) is 43.8 Å². The van der Waals surface area contributed by atoms with Crippen LogP contribution in [-0.2, 0) is 4.79 Å². The summed E-state index contributed by atoms with van der Waals surface area (Å²) in [5.41, 5.74) is 0. The summed E-state index contributed by atoms with van der Waals surface area (Å²) in [4.78, 5) is 15.0. The highest BCUT2D eigenvalue weighted by molar-refractivity contribution is 5.69. The minimum absolute atomic E-state index is 0.177. The highest BCUT2D eigenvalue weighted by Crippen LogP contribution is 2.16. The van der Waals surface area contributed by atoms with Gasteiger partial charge in [-0.15, -0.1) is 0 Å². The Morgan fingerprint density at radius 1 is 1.60 bits per heavy atom. The monoisotopic (exact) mass is 214 g/mol. The van der Waals surface area contributed by atoms with Crippen molar-refractivity contribution in [2.75, 3.05) is 39.8 Å². The van der Waals surface area contributed by atoms with Crippen LogP contribution in [0.1, 0.15) is 19.8 Å². The minimum Gasteiger partial charge on any atom is -0.480 e. The zero-order valence-electron chi connectivity index (χ0n) is 9.78. The molecule has 0 aromatic heterocycles. The van der Waals surface area contributed by atoms with Crippen LogP contribution in [0.2, 0.25) is 0 Å². The molecule has 1 saturated heterocycles. The number of hydrogen-bond acceptors (Lipinski definition) is 3. The molecule has 1 fully saturated rings. The summed E-state index contributed by atoms with van der Waals surface area (Å²) < 4.78 is 0. The Morgan fingerprint density at radius 2 is 2.33 bits per heavy atom. The van der Waals surface area contributed by atoms with Crippen molar-refractivity contribution in [3.63, 3.8) is 0 Å². The summed E-state index contributed by atoms with van der Waals surface area (Å²) in [6, 6.07) is 0. The summed E-state index contributed by atoms with van der Waals surface area (Å²) >= 11 is 0. The van der Waals surface area contributed by atoms with E-state index in [0.29, 0.717) is 5.92 Å². The number of aliphatic carboxylic acids is 1. The van der Waals surface area contributed by atoms with Gasteiger partial charge >= 0.3 is 5.97 Å². The lowest BCUT2D eigenvalue weighted by Gasteiger charge is -2.32. The summed E-state index contributed by atoms with van der Waals surface area (Å²) in [5, 5.41) is 8.74. The zero-order chi connectivity index (χ0) is 11.3. The second-order valence-electron chi connectivity index (χ2n) is 4.49. The number of likely N-dealkylation sites (tertiary alicyclic amines) is 1. The highest BCUT2D eigenvalue weighted by atomic mass is 16.4. The molecule has 0 aromatic rings. The van der Waals surface area contributed by atoms with Gasteiger partial charge in [-0.05, 0) is 38.9 Å². The van der Waals surface area contributed by atoms with Gasteiger partial charge in [0.25, 0.3) is 0 Å². The van der Waals surface area contributed by atoms with Crippen LogP contribution in [0.4, 0.5) is 0 Å². The predicted molar refractivity (Wildman–Crippen MR) is 60.0 cm³/mol. The molecule has 15 heavy (non-hydrogen) atoms. The first-order chi connectivity index (χ1) is 7.11. The molecule has 0 spiro atoms. The van der Waals surface area contributed by atoms with E-state index in [9.17, 15) is 4.79 Å². The standard InChI is InChI=1S/C11H22N2O2/c1-3-13(9-11(14)15)8-10-5-4-6-12(2)7-10/h10H,3-9H2,1-2H3,(H,14,15)/t10-/m0/s1. The van der Waals surface area contributed by atoms with E-state index < -0.39 is 5.97 Å². The molecule has 0 radical (unpaired) electrons. The second-order valence-corrected chi connectivity index (χ2v) is 4.49. The van der Waals surface area contributed by atoms with Crippen LogP contribution in [0, 0.1) is 5.92 Å². The molecule has 0 aromatic carbocycles. The van der Waals surface area contributed by atoms with Gasteiger partial charge in [0.2, 0.25) is 0 Å². The number of piperidine rings is 1. The van der Waals surface area contributed by atoms with Crippen molar-refractivity contribution in [2.24, 2.45) is 5.92 Å². The summed E-state index contributed by atoms with van der Waals surface area (Å²) in [6.07, 6.45) is 2.48. The zero-order valence-corrected chi connectivity index (χ0v) is 9.78. The molecule has 0 bridgehead atoms. The van der Waals surface area contributed by atoms with Crippen molar-refractivity contribution < 1.29 is 9.90 Å². The number of carboxylic acid groups (broad SMARTS) is 1. The molecule has 1 aliphatic heterocycles. The van der Waals surface area contributed by atoms with Gasteiger partial charge in [-0.25, -0.2) is 0 Å². The molecule has 0 saturated carbocycles. The van der Waals surface area contributed by atoms with Gasteiger partial charge in [0.15, 0.2) is 0 Å². The fraction of sp³-hybridized carbons (Fsp3) is 0.909. The van der Waals surface area contributed by atoms with Gasteiger partial charge in [-0.2, -0.15) is 0 Å². The fourth-order valence-electron chi connectivity index (χ4n) is 2.28. The van der Waals surface area contributed by atoms with Gasteiger partial charge < -0.3 is 10.0 Å². The van der Waals surface area contributed by atoms with Crippen LogP contribution in [0.5, 0.6) is 0 Å². The molecule has 1 rings (SSSR count). The lowest BCUT2D eigenvalue weighted by atomic mass is 9.98. The molecule has 1 heterocycles. The molecule has 0 aliphatic carbocycles. The molecule has 4 nitrogen and oxygen atoms in total. The van der Waals surface area contributed by atoms with E-state index in [1.807, 2.05) is 11.8 Å². The van der Waals surface area contributed by atoms with Crippen LogP contribution < -0.4 is 0 Å². The number of hydrogen-bond donors (Lipinski definition) is 1. The Morgan fingerprint density at radius 3 is 2.87 bits per heavy atom. The maximum atomic E-state index is 10.6. The Bertz CT molecular complexity index is 209. The van der Waals surface area contributed by atoms with Crippen molar-refractivity contribution in [2.45, 2.75) is 19.8 Å². The van der Waals surface area contributed by atoms with Crippen molar-refractivity contribution >= 4 is 5.97 Å². The molecular weight excluding hydrogens is 192 g/mol. The predicted octanol–water partition coefficient (Wildman–Crippen LogP) is 0.735. The molecule has 1 atom stereocenters. The lowest BCUT2D eigenvalue weighted by Crippen LogP contribution is -2.40. The number of rotatable bonds is 5. The van der Waals surface area contributed by atoms with Gasteiger partial charge in [0.1, 0.15) is 0 Å². The van der Waals surface area contributed by atoms with Crippen LogP contribution >= 0.6 is 0 Å². The van der Waals surface area contributed by atoms with Crippen molar-refractivity contribution in [3.8, 4) is 0 Å². The summed E-state index contributed by atoms with van der Waals surface area (Å²) in [7, 11) is 2.14. The Hall–Kier alpha value is -0.610. The highest BCUT2D eigenvalue weighted by Gasteiger charge is 2.20. The SMILES string of the molecule is CCN(CC(=O)O)C[C@H]1CCCN(C)C1. The third kappa shape index (κ3) is 4.62. The molecule has 1 N–H and O–H groups in total. The van der Waals surface area contributed by atoms with E-state index in [1.165, 1.54) is 19.4 Å². The second kappa shape index (κ2) is 6.08. The van der Waals surface area contributed by atoms with Crippen molar-refractivity contribution in [1.29, 1.82) is 0 Å².